The number of halogens is 1. The lowest BCUT2D eigenvalue weighted by Crippen LogP contribution is -2.28. The number of amides is 4. The SMILES string of the molecule is CC(=O)c1ccc(N(C)S(=O)(=O)c2ccccc2NC(=O)c2ccc(F)cc2)cc1.CC(=O)c1ccccc1C(=O)N(C)Cc1ccc(C(=O)O)cc1.CNS(=O)(=O)c1ccc(N2C(=O)c3ccccc3C2O)cc1.Cc1ccc(C(=O)Nc2ccccc2S(=O)(=O)N(C)c2ccccc2)cc1. The maximum Gasteiger partial charge on any atom is 0.335 e. The van der Waals surface area contributed by atoms with E-state index in [-0.39, 0.29) is 66.5 Å². The Balaban J connectivity index is 0.000000174. The van der Waals surface area contributed by atoms with Crippen LogP contribution in [0, 0.1) is 12.7 Å². The van der Waals surface area contributed by atoms with Gasteiger partial charge in [0.1, 0.15) is 15.6 Å². The average Bonchev–Trinajstić information content (AvgIpc) is 1.56. The van der Waals surface area contributed by atoms with E-state index in [9.17, 15) is 68.3 Å². The van der Waals surface area contributed by atoms with Crippen LogP contribution in [0.25, 0.3) is 0 Å². The van der Waals surface area contributed by atoms with Gasteiger partial charge in [0.25, 0.3) is 43.7 Å². The van der Waals surface area contributed by atoms with Crippen LogP contribution in [0.15, 0.2) is 263 Å². The van der Waals surface area contributed by atoms with Crippen LogP contribution in [0.2, 0.25) is 0 Å². The number of hydrogen-bond donors (Lipinski definition) is 5. The van der Waals surface area contributed by atoms with Crippen LogP contribution in [-0.2, 0) is 36.6 Å². The molecule has 22 nitrogen and oxygen atoms in total. The van der Waals surface area contributed by atoms with Gasteiger partial charge in [-0.25, -0.2) is 39.2 Å². The zero-order valence-electron chi connectivity index (χ0n) is 56.0. The Kier molecular flexibility index (Phi) is 24.8. The summed E-state index contributed by atoms with van der Waals surface area (Å²) in [5.41, 5.74) is 6.59. The zero-order valence-corrected chi connectivity index (χ0v) is 58.5. The number of sulfonamides is 3. The van der Waals surface area contributed by atoms with Crippen molar-refractivity contribution in [1.82, 2.24) is 9.62 Å². The van der Waals surface area contributed by atoms with Crippen molar-refractivity contribution in [2.75, 3.05) is 52.3 Å². The highest BCUT2D eigenvalue weighted by molar-refractivity contribution is 7.93. The van der Waals surface area contributed by atoms with E-state index >= 15 is 0 Å². The minimum Gasteiger partial charge on any atom is -0.478 e. The van der Waals surface area contributed by atoms with E-state index in [1.54, 1.807) is 147 Å². The fourth-order valence-electron chi connectivity index (χ4n) is 10.1. The first-order valence-electron chi connectivity index (χ1n) is 31.0. The quantitative estimate of drug-likeness (QED) is 0.0470. The van der Waals surface area contributed by atoms with Gasteiger partial charge < -0.3 is 25.7 Å². The molecular formula is C76H70FN7O15S3. The van der Waals surface area contributed by atoms with E-state index in [1.807, 2.05) is 25.1 Å². The number of aryl methyl sites for hydroxylation is 1. The number of aliphatic hydroxyl groups excluding tert-OH is 1. The number of carbonyl (C=O) groups excluding carboxylic acids is 6. The van der Waals surface area contributed by atoms with E-state index in [1.165, 1.54) is 128 Å². The van der Waals surface area contributed by atoms with E-state index < -0.39 is 54.0 Å². The summed E-state index contributed by atoms with van der Waals surface area (Å²) in [6.07, 6.45) is -1.07. The number of aromatic carboxylic acids is 1. The summed E-state index contributed by atoms with van der Waals surface area (Å²) in [5.74, 6) is -3.24. The molecule has 0 aromatic heterocycles. The lowest BCUT2D eigenvalue weighted by molar-refractivity contribution is 0.0694. The van der Waals surface area contributed by atoms with Crippen LogP contribution in [0.4, 0.5) is 32.8 Å². The lowest BCUT2D eigenvalue weighted by atomic mass is 10.0. The number of fused-ring (bicyclic) bond motifs is 1. The first kappa shape index (κ1) is 76.0. The highest BCUT2D eigenvalue weighted by Gasteiger charge is 2.36. The molecule has 11 rings (SSSR count). The van der Waals surface area contributed by atoms with Gasteiger partial charge in [-0.15, -0.1) is 0 Å². The average molecular weight is 1440 g/mol. The van der Waals surface area contributed by atoms with Crippen molar-refractivity contribution in [3.8, 4) is 0 Å². The number of ketones is 2. The van der Waals surface area contributed by atoms with Crippen LogP contribution in [-0.4, -0.2) is 110 Å². The van der Waals surface area contributed by atoms with Gasteiger partial charge in [0.15, 0.2) is 17.8 Å². The number of benzene rings is 10. The number of anilines is 5. The Labute approximate surface area is 590 Å². The Bertz CT molecular complexity index is 5090. The molecule has 0 bridgehead atoms. The number of carbonyl (C=O) groups is 7. The van der Waals surface area contributed by atoms with Crippen LogP contribution in [0.3, 0.4) is 0 Å². The number of carboxylic acid groups (broad SMARTS) is 1. The number of nitrogens with zero attached hydrogens (tertiary/aromatic N) is 4. The molecule has 0 saturated carbocycles. The fourth-order valence-corrected chi connectivity index (χ4v) is 13.6. The number of carboxylic acids is 1. The molecule has 1 aliphatic heterocycles. The van der Waals surface area contributed by atoms with E-state index in [4.69, 9.17) is 5.11 Å². The molecule has 1 aliphatic rings. The maximum atomic E-state index is 13.2. The molecule has 102 heavy (non-hydrogen) atoms. The molecule has 524 valence electrons. The molecular weight excluding hydrogens is 1370 g/mol. The van der Waals surface area contributed by atoms with Gasteiger partial charge in [-0.05, 0) is 179 Å². The Morgan fingerprint density at radius 1 is 0.500 bits per heavy atom. The molecule has 0 spiro atoms. The number of nitrogens with one attached hydrogen (secondary N) is 3. The summed E-state index contributed by atoms with van der Waals surface area (Å²) in [4.78, 5) is 86.6. The third-order valence-electron chi connectivity index (χ3n) is 15.9. The Morgan fingerprint density at radius 2 is 0.941 bits per heavy atom. The van der Waals surface area contributed by atoms with Crippen LogP contribution >= 0.6 is 0 Å². The summed E-state index contributed by atoms with van der Waals surface area (Å²) < 4.78 is 93.5. The first-order chi connectivity index (χ1) is 48.4. The Morgan fingerprint density at radius 3 is 1.43 bits per heavy atom. The van der Waals surface area contributed by atoms with Crippen molar-refractivity contribution in [3.63, 3.8) is 0 Å². The van der Waals surface area contributed by atoms with Gasteiger partial charge in [-0.2, -0.15) is 0 Å². The molecule has 1 atom stereocenters. The van der Waals surface area contributed by atoms with Crippen molar-refractivity contribution in [1.29, 1.82) is 0 Å². The van der Waals surface area contributed by atoms with Crippen LogP contribution < -0.4 is 28.9 Å². The van der Waals surface area contributed by atoms with Crippen molar-refractivity contribution >= 4 is 99.7 Å². The third kappa shape index (κ3) is 18.3. The molecule has 26 heteroatoms. The second-order valence-corrected chi connectivity index (χ2v) is 28.5. The molecule has 0 fully saturated rings. The minimum atomic E-state index is -4.02. The molecule has 5 N–H and O–H groups in total. The molecule has 0 radical (unpaired) electrons. The summed E-state index contributed by atoms with van der Waals surface area (Å²) in [6, 6.07) is 65.0. The number of para-hydroxylation sites is 3. The molecule has 1 unspecified atom stereocenters. The van der Waals surface area contributed by atoms with E-state index in [2.05, 4.69) is 15.4 Å². The Hall–Kier alpha value is -11.8. The molecule has 0 saturated heterocycles. The molecule has 0 aliphatic carbocycles. The van der Waals surface area contributed by atoms with Crippen LogP contribution in [0.5, 0.6) is 0 Å². The fraction of sp³-hybridized carbons (Fsp3) is 0.118. The predicted octanol–water partition coefficient (Wildman–Crippen LogP) is 12.3. The van der Waals surface area contributed by atoms with Crippen molar-refractivity contribution in [3.05, 3.63) is 310 Å². The van der Waals surface area contributed by atoms with Gasteiger partial charge in [-0.3, -0.25) is 42.3 Å². The van der Waals surface area contributed by atoms with Crippen molar-refractivity contribution in [2.24, 2.45) is 0 Å². The van der Waals surface area contributed by atoms with Gasteiger partial charge in [0.05, 0.1) is 38.8 Å². The topological polar surface area (TPSA) is 311 Å². The van der Waals surface area contributed by atoms with Crippen molar-refractivity contribution < 1.29 is 73.4 Å². The molecule has 10 aromatic carbocycles. The largest absolute Gasteiger partial charge is 0.478 e. The van der Waals surface area contributed by atoms with Gasteiger partial charge in [-0.1, -0.05) is 109 Å². The number of hydrogen-bond acceptors (Lipinski definition) is 14. The number of rotatable bonds is 19. The van der Waals surface area contributed by atoms with E-state index in [0.29, 0.717) is 57.0 Å². The minimum absolute atomic E-state index is 0.0387. The van der Waals surface area contributed by atoms with Crippen molar-refractivity contribution in [2.45, 2.75) is 48.2 Å². The number of aliphatic hydroxyl groups is 1. The highest BCUT2D eigenvalue weighted by atomic mass is 32.2. The zero-order chi connectivity index (χ0) is 74.2. The highest BCUT2D eigenvalue weighted by Crippen LogP contribution is 2.36. The van der Waals surface area contributed by atoms with Gasteiger partial charge in [0, 0.05) is 66.8 Å². The predicted molar refractivity (Wildman–Crippen MR) is 387 cm³/mol. The molecule has 4 amide bonds. The normalized spacial score (nSPS) is 12.3. The van der Waals surface area contributed by atoms with Gasteiger partial charge >= 0.3 is 5.97 Å². The molecule has 1 heterocycles. The monoisotopic (exact) mass is 1440 g/mol. The van der Waals surface area contributed by atoms with E-state index in [0.717, 1.165) is 27.6 Å². The summed E-state index contributed by atoms with van der Waals surface area (Å²) in [7, 11) is -5.55. The molecule has 10 aromatic rings. The maximum absolute atomic E-state index is 13.2. The van der Waals surface area contributed by atoms with Gasteiger partial charge in [0.2, 0.25) is 10.0 Å². The standard InChI is InChI=1S/C22H19FN2O4S.C21H20N2O3S.C18H17NO4.C15H14N2O4S/c1-15(26)16-9-13-19(14-10-16)25(2)30(28,29)21-6-4-3-5-20(21)24-22(27)17-7-11-18(23)12-8-17;1-16-12-14-17(15-13-16)21(24)22-19-10-6-7-11-20(19)27(25,26)23(2)18-8-4-3-5-9-18;1-12(20)15-5-3-4-6-16(15)17(21)19(2)11-13-7-9-14(10-8-13)18(22)23;1-16-22(20,21)11-8-6-10(7-9-11)17-14(18)12-4-2-3-5-13(12)15(17)19/h3-14H,1-2H3,(H,24,27);3-15H,1-2H3,(H,22,24);3-10H,11H2,1-2H3,(H,22,23);2-9,14,16,18H,1H3. The lowest BCUT2D eigenvalue weighted by Gasteiger charge is -2.21. The summed E-state index contributed by atoms with van der Waals surface area (Å²) >= 11 is 0. The second kappa shape index (κ2) is 33.4. The summed E-state index contributed by atoms with van der Waals surface area (Å²) in [5, 5.41) is 24.5. The third-order valence-corrected chi connectivity index (χ3v) is 21.0. The van der Waals surface area contributed by atoms with Crippen LogP contribution in [0.1, 0.15) is 109 Å². The first-order valence-corrected chi connectivity index (χ1v) is 35.4. The smallest absolute Gasteiger partial charge is 0.335 e. The summed E-state index contributed by atoms with van der Waals surface area (Å²) in [6.45, 7) is 5.11. The second-order valence-electron chi connectivity index (χ2n) is 22.8. The number of Topliss-reactive ketones (excluding diaryl/α,β-unsaturated/α-hetero) is 2.